The van der Waals surface area contributed by atoms with Crippen molar-refractivity contribution in [1.82, 2.24) is 0 Å². The second kappa shape index (κ2) is 9.02. The molecule has 0 amide bonds. The van der Waals surface area contributed by atoms with Gasteiger partial charge in [0.15, 0.2) is 0 Å². The van der Waals surface area contributed by atoms with Gasteiger partial charge in [-0.3, -0.25) is 0 Å². The van der Waals surface area contributed by atoms with Gasteiger partial charge in [-0.15, -0.1) is 0 Å². The summed E-state index contributed by atoms with van der Waals surface area (Å²) in [5.74, 6) is 0. The van der Waals surface area contributed by atoms with Crippen LogP contribution in [0.2, 0.25) is 0 Å². The van der Waals surface area contributed by atoms with Crippen molar-refractivity contribution in [3.05, 3.63) is 34.9 Å². The summed E-state index contributed by atoms with van der Waals surface area (Å²) in [6.07, 6.45) is -6.03. The highest BCUT2D eigenvalue weighted by Gasteiger charge is 2.36. The van der Waals surface area contributed by atoms with E-state index in [1.807, 2.05) is 6.92 Å². The van der Waals surface area contributed by atoms with Gasteiger partial charge in [0, 0.05) is 7.11 Å². The molecule has 0 radical (unpaired) electrons. The molecule has 0 aliphatic rings. The van der Waals surface area contributed by atoms with E-state index in [-0.39, 0.29) is 18.1 Å². The van der Waals surface area contributed by atoms with Crippen molar-refractivity contribution in [3.63, 3.8) is 0 Å². The molecule has 0 heterocycles. The van der Waals surface area contributed by atoms with Crippen molar-refractivity contribution < 1.29 is 31.4 Å². The van der Waals surface area contributed by atoms with E-state index in [1.165, 1.54) is 0 Å². The molecule has 22 heavy (non-hydrogen) atoms. The molecule has 0 spiro atoms. The Bertz CT molecular complexity index is 404. The monoisotopic (exact) mass is 330 g/mol. The minimum absolute atomic E-state index is 0.0863. The summed E-state index contributed by atoms with van der Waals surface area (Å²) in [4.78, 5) is 0. The van der Waals surface area contributed by atoms with Crippen LogP contribution in [0.3, 0.4) is 0 Å². The van der Waals surface area contributed by atoms with Crippen LogP contribution >= 0.6 is 0 Å². The summed E-state index contributed by atoms with van der Waals surface area (Å²) in [6.45, 7) is 1.98. The number of hydrogen-bond donors (Lipinski definition) is 1. The maximum Gasteiger partial charge on any atom is 0.416 e. The number of aliphatic hydroxyl groups is 1. The Morgan fingerprint density at radius 1 is 0.773 bits per heavy atom. The van der Waals surface area contributed by atoms with Crippen LogP contribution in [0.4, 0.5) is 26.3 Å². The molecule has 128 valence electrons. The maximum absolute atomic E-state index is 12.6. The van der Waals surface area contributed by atoms with Gasteiger partial charge >= 0.3 is 12.4 Å². The fraction of sp³-hybridized carbons (Fsp3) is 0.600. The fourth-order valence-corrected chi connectivity index (χ4v) is 1.92. The van der Waals surface area contributed by atoms with Crippen LogP contribution in [0.1, 0.15) is 49.3 Å². The van der Waals surface area contributed by atoms with E-state index < -0.39 is 23.5 Å². The minimum atomic E-state index is -4.76. The van der Waals surface area contributed by atoms with Gasteiger partial charge in [-0.05, 0) is 36.6 Å². The van der Waals surface area contributed by atoms with Crippen LogP contribution < -0.4 is 0 Å². The Labute approximate surface area is 126 Å². The van der Waals surface area contributed by atoms with Gasteiger partial charge < -0.3 is 5.11 Å². The van der Waals surface area contributed by atoms with Crippen LogP contribution in [0.25, 0.3) is 0 Å². The molecule has 1 rings (SSSR count). The normalized spacial score (nSPS) is 11.9. The largest absolute Gasteiger partial charge is 0.416 e. The SMILES string of the molecule is CCCCCCc1cc(C(F)(F)F)cc(C(F)(F)F)c1.CO. The molecule has 0 aliphatic heterocycles. The molecule has 1 aromatic carbocycles. The van der Waals surface area contributed by atoms with Crippen molar-refractivity contribution in [2.45, 2.75) is 51.4 Å². The highest BCUT2D eigenvalue weighted by Crippen LogP contribution is 2.36. The Kier molecular flexibility index (Phi) is 8.52. The molecule has 1 aromatic rings. The first-order chi connectivity index (χ1) is 10.1. The van der Waals surface area contributed by atoms with E-state index in [2.05, 4.69) is 0 Å². The van der Waals surface area contributed by atoms with Crippen molar-refractivity contribution in [2.24, 2.45) is 0 Å². The number of halogens is 6. The molecule has 0 aromatic heterocycles. The van der Waals surface area contributed by atoms with Crippen molar-refractivity contribution >= 4 is 0 Å². The molecule has 0 aliphatic carbocycles. The lowest BCUT2D eigenvalue weighted by Gasteiger charge is -2.14. The molecular weight excluding hydrogens is 310 g/mol. The second-order valence-corrected chi connectivity index (χ2v) is 4.72. The summed E-state index contributed by atoms with van der Waals surface area (Å²) >= 11 is 0. The Hall–Kier alpha value is -1.24. The van der Waals surface area contributed by atoms with Gasteiger partial charge in [0.2, 0.25) is 0 Å². The third-order valence-electron chi connectivity index (χ3n) is 2.97. The van der Waals surface area contributed by atoms with E-state index in [9.17, 15) is 26.3 Å². The van der Waals surface area contributed by atoms with E-state index in [0.29, 0.717) is 6.42 Å². The highest BCUT2D eigenvalue weighted by molar-refractivity contribution is 5.33. The smallest absolute Gasteiger partial charge is 0.400 e. The van der Waals surface area contributed by atoms with Crippen molar-refractivity contribution in [1.29, 1.82) is 0 Å². The van der Waals surface area contributed by atoms with Gasteiger partial charge in [-0.25, -0.2) is 0 Å². The lowest BCUT2D eigenvalue weighted by molar-refractivity contribution is -0.143. The zero-order valence-electron chi connectivity index (χ0n) is 12.5. The van der Waals surface area contributed by atoms with Crippen molar-refractivity contribution in [2.75, 3.05) is 7.11 Å². The lowest BCUT2D eigenvalue weighted by atomic mass is 10.00. The topological polar surface area (TPSA) is 20.2 Å². The quantitative estimate of drug-likeness (QED) is 0.562. The van der Waals surface area contributed by atoms with Crippen LogP contribution in [0.5, 0.6) is 0 Å². The number of rotatable bonds is 5. The molecule has 0 saturated heterocycles. The van der Waals surface area contributed by atoms with Gasteiger partial charge in [0.05, 0.1) is 11.1 Å². The number of hydrogen-bond acceptors (Lipinski definition) is 1. The second-order valence-electron chi connectivity index (χ2n) is 4.72. The van der Waals surface area contributed by atoms with E-state index in [0.717, 1.165) is 38.5 Å². The van der Waals surface area contributed by atoms with Crippen LogP contribution in [-0.4, -0.2) is 12.2 Å². The van der Waals surface area contributed by atoms with Gasteiger partial charge in [-0.1, -0.05) is 26.2 Å². The van der Waals surface area contributed by atoms with E-state index >= 15 is 0 Å². The highest BCUT2D eigenvalue weighted by atomic mass is 19.4. The lowest BCUT2D eigenvalue weighted by Crippen LogP contribution is -2.11. The summed E-state index contributed by atoms with van der Waals surface area (Å²) in [5.41, 5.74) is -2.39. The number of unbranched alkanes of at least 4 members (excludes halogenated alkanes) is 3. The van der Waals surface area contributed by atoms with Crippen LogP contribution in [0, 0.1) is 0 Å². The Morgan fingerprint density at radius 3 is 1.59 bits per heavy atom. The Balaban J connectivity index is 0.00000211. The predicted octanol–water partition coefficient (Wildman–Crippen LogP) is 5.46. The molecule has 0 unspecified atom stereocenters. The average Bonchev–Trinajstić information content (AvgIpc) is 2.44. The maximum atomic E-state index is 12.6. The summed E-state index contributed by atoms with van der Waals surface area (Å²) in [7, 11) is 1.00. The molecular formula is C15H20F6O. The molecule has 1 nitrogen and oxygen atoms in total. The van der Waals surface area contributed by atoms with Crippen LogP contribution in [-0.2, 0) is 18.8 Å². The molecule has 7 heteroatoms. The number of alkyl halides is 6. The predicted molar refractivity (Wildman–Crippen MR) is 72.4 cm³/mol. The van der Waals surface area contributed by atoms with Gasteiger partial charge in [-0.2, -0.15) is 26.3 Å². The summed E-state index contributed by atoms with van der Waals surface area (Å²) in [6, 6.07) is 1.78. The first-order valence-electron chi connectivity index (χ1n) is 6.87. The zero-order chi connectivity index (χ0) is 17.4. The Morgan fingerprint density at radius 2 is 1.23 bits per heavy atom. The summed E-state index contributed by atoms with van der Waals surface area (Å²) in [5, 5.41) is 7.00. The number of benzene rings is 1. The standard InChI is InChI=1S/C14H16F6.CH4O/c1-2-3-4-5-6-10-7-11(13(15,16)17)9-12(8-10)14(18,19)20;1-2/h7-9H,2-6H2,1H3;2H,1H3. The molecule has 0 bridgehead atoms. The zero-order valence-corrected chi connectivity index (χ0v) is 12.5. The molecule has 1 N–H and O–H groups in total. The molecule has 0 fully saturated rings. The molecule has 0 atom stereocenters. The van der Waals surface area contributed by atoms with Crippen molar-refractivity contribution in [3.8, 4) is 0 Å². The first kappa shape index (κ1) is 20.8. The third-order valence-corrected chi connectivity index (χ3v) is 2.97. The van der Waals surface area contributed by atoms with E-state index in [1.54, 1.807) is 0 Å². The number of aryl methyl sites for hydroxylation is 1. The van der Waals surface area contributed by atoms with Gasteiger partial charge in [0.25, 0.3) is 0 Å². The number of aliphatic hydroxyl groups excluding tert-OH is 1. The van der Waals surface area contributed by atoms with Gasteiger partial charge in [0.1, 0.15) is 0 Å². The summed E-state index contributed by atoms with van der Waals surface area (Å²) < 4.78 is 75.7. The third kappa shape index (κ3) is 7.15. The minimum Gasteiger partial charge on any atom is -0.400 e. The fourth-order valence-electron chi connectivity index (χ4n) is 1.92. The average molecular weight is 330 g/mol. The van der Waals surface area contributed by atoms with E-state index in [4.69, 9.17) is 5.11 Å². The first-order valence-corrected chi connectivity index (χ1v) is 6.87. The van der Waals surface area contributed by atoms with Crippen LogP contribution in [0.15, 0.2) is 18.2 Å². The molecule has 0 saturated carbocycles.